The van der Waals surface area contributed by atoms with Gasteiger partial charge < -0.3 is 19.4 Å². The number of amides is 1. The van der Waals surface area contributed by atoms with Gasteiger partial charge in [0.1, 0.15) is 12.1 Å². The van der Waals surface area contributed by atoms with Gasteiger partial charge in [-0.05, 0) is 42.9 Å². The Balaban J connectivity index is 1.56. The molecule has 31 heavy (non-hydrogen) atoms. The average Bonchev–Trinajstić information content (AvgIpc) is 3.32. The van der Waals surface area contributed by atoms with Crippen molar-refractivity contribution in [2.75, 3.05) is 13.0 Å². The first-order valence-corrected chi connectivity index (χ1v) is 11.4. The predicted molar refractivity (Wildman–Crippen MR) is 120 cm³/mol. The van der Waals surface area contributed by atoms with Crippen molar-refractivity contribution in [3.8, 4) is 11.5 Å². The number of ether oxygens (including phenoxy) is 2. The van der Waals surface area contributed by atoms with Gasteiger partial charge in [0.15, 0.2) is 16.7 Å². The summed E-state index contributed by atoms with van der Waals surface area (Å²) in [6.45, 7) is 7.22. The molecule has 8 nitrogen and oxygen atoms in total. The van der Waals surface area contributed by atoms with Gasteiger partial charge in [-0.2, -0.15) is 0 Å². The molecule has 2 aromatic heterocycles. The maximum absolute atomic E-state index is 13.3. The van der Waals surface area contributed by atoms with Crippen LogP contribution in [-0.2, 0) is 24.4 Å². The van der Waals surface area contributed by atoms with Crippen LogP contribution in [0.15, 0.2) is 34.2 Å². The molecule has 3 heterocycles. The van der Waals surface area contributed by atoms with Crippen molar-refractivity contribution in [1.82, 2.24) is 19.4 Å². The van der Waals surface area contributed by atoms with E-state index in [0.29, 0.717) is 46.7 Å². The zero-order valence-electron chi connectivity index (χ0n) is 18.1. The van der Waals surface area contributed by atoms with Crippen molar-refractivity contribution in [2.45, 2.75) is 45.6 Å². The van der Waals surface area contributed by atoms with Gasteiger partial charge >= 0.3 is 0 Å². The molecule has 0 saturated carbocycles. The van der Waals surface area contributed by atoms with Crippen LogP contribution in [0.5, 0.6) is 11.5 Å². The average molecular weight is 443 g/mol. The largest absolute Gasteiger partial charge is 0.454 e. The van der Waals surface area contributed by atoms with Crippen LogP contribution in [0, 0.1) is 12.8 Å². The Hall–Kier alpha value is -2.94. The first-order valence-electron chi connectivity index (χ1n) is 10.2. The van der Waals surface area contributed by atoms with E-state index in [9.17, 15) is 9.59 Å². The zero-order chi connectivity index (χ0) is 22.1. The number of nitrogens with one attached hydrogen (secondary N) is 1. The number of hydrogen-bond acceptors (Lipinski definition) is 6. The molecular weight excluding hydrogens is 416 g/mol. The molecule has 0 atom stereocenters. The lowest BCUT2D eigenvalue weighted by molar-refractivity contribution is -0.121. The van der Waals surface area contributed by atoms with Crippen molar-refractivity contribution in [2.24, 2.45) is 5.92 Å². The number of hydrogen-bond donors (Lipinski definition) is 1. The van der Waals surface area contributed by atoms with Crippen LogP contribution < -0.4 is 20.3 Å². The van der Waals surface area contributed by atoms with E-state index in [1.54, 1.807) is 9.13 Å². The Morgan fingerprint density at radius 1 is 1.23 bits per heavy atom. The van der Waals surface area contributed by atoms with Gasteiger partial charge in [-0.25, -0.2) is 4.98 Å². The first-order chi connectivity index (χ1) is 14.9. The van der Waals surface area contributed by atoms with Crippen molar-refractivity contribution in [3.05, 3.63) is 45.9 Å². The minimum absolute atomic E-state index is 0.0527. The number of benzene rings is 1. The van der Waals surface area contributed by atoms with Crippen LogP contribution in [-0.4, -0.2) is 33.1 Å². The van der Waals surface area contributed by atoms with Crippen LogP contribution in [0.2, 0.25) is 0 Å². The normalized spacial score (nSPS) is 12.7. The summed E-state index contributed by atoms with van der Waals surface area (Å²) in [6, 6.07) is 7.45. The molecule has 1 amide bonds. The molecule has 1 aliphatic rings. The third kappa shape index (κ3) is 4.27. The Morgan fingerprint density at radius 3 is 2.74 bits per heavy atom. The van der Waals surface area contributed by atoms with Crippen molar-refractivity contribution < 1.29 is 14.3 Å². The SMILES string of the molecule is CSc1nc2cc(C)n(CC(=O)NCc3ccc4c(c3)OCO4)c2c(=O)n1CC(C)C. The van der Waals surface area contributed by atoms with Gasteiger partial charge in [-0.3, -0.25) is 14.2 Å². The minimum Gasteiger partial charge on any atom is -0.454 e. The number of fused-ring (bicyclic) bond motifs is 2. The fourth-order valence-electron chi connectivity index (χ4n) is 3.68. The van der Waals surface area contributed by atoms with Crippen LogP contribution in [0.1, 0.15) is 25.1 Å². The Labute approximate surface area is 184 Å². The quantitative estimate of drug-likeness (QED) is 0.447. The van der Waals surface area contributed by atoms with Gasteiger partial charge in [0.05, 0.1) is 5.52 Å². The topological polar surface area (TPSA) is 87.4 Å². The number of aryl methyl sites for hydroxylation is 1. The number of nitrogens with zero attached hydrogens (tertiary/aromatic N) is 3. The van der Waals surface area contributed by atoms with Crippen LogP contribution in [0.25, 0.3) is 11.0 Å². The van der Waals surface area contributed by atoms with Crippen LogP contribution in [0.4, 0.5) is 0 Å². The van der Waals surface area contributed by atoms with Gasteiger partial charge in [-0.1, -0.05) is 31.7 Å². The maximum atomic E-state index is 13.3. The standard InChI is InChI=1S/C22H26N4O4S/c1-13(2)10-26-21(28)20-16(24-22(26)31-4)7-14(3)25(20)11-19(27)23-9-15-5-6-17-18(8-15)30-12-29-17/h5-8,13H,9-12H2,1-4H3,(H,23,27). The zero-order valence-corrected chi connectivity index (χ0v) is 18.9. The highest BCUT2D eigenvalue weighted by Crippen LogP contribution is 2.32. The van der Waals surface area contributed by atoms with E-state index in [2.05, 4.69) is 24.1 Å². The number of aromatic nitrogens is 3. The fraction of sp³-hybridized carbons (Fsp3) is 0.409. The molecule has 1 N–H and O–H groups in total. The van der Waals surface area contributed by atoms with Crippen LogP contribution >= 0.6 is 11.8 Å². The molecule has 1 aromatic carbocycles. The minimum atomic E-state index is -0.179. The van der Waals surface area contributed by atoms with E-state index in [4.69, 9.17) is 9.47 Å². The number of carbonyl (C=O) groups is 1. The summed E-state index contributed by atoms with van der Waals surface area (Å²) in [5, 5.41) is 3.61. The highest BCUT2D eigenvalue weighted by molar-refractivity contribution is 7.98. The highest BCUT2D eigenvalue weighted by Gasteiger charge is 2.19. The molecule has 4 rings (SSSR count). The summed E-state index contributed by atoms with van der Waals surface area (Å²) in [7, 11) is 0. The second-order valence-electron chi connectivity index (χ2n) is 7.98. The molecule has 0 spiro atoms. The number of carbonyl (C=O) groups excluding carboxylic acids is 1. The molecule has 0 radical (unpaired) electrons. The lowest BCUT2D eigenvalue weighted by Crippen LogP contribution is -2.30. The predicted octanol–water partition coefficient (Wildman–Crippen LogP) is 2.93. The summed E-state index contributed by atoms with van der Waals surface area (Å²) in [6.07, 6.45) is 1.91. The van der Waals surface area contributed by atoms with E-state index in [1.165, 1.54) is 11.8 Å². The molecule has 9 heteroatoms. The third-order valence-electron chi connectivity index (χ3n) is 5.14. The van der Waals surface area contributed by atoms with Gasteiger partial charge in [0, 0.05) is 18.8 Å². The Kier molecular flexibility index (Phi) is 5.95. The van der Waals surface area contributed by atoms with E-state index in [1.807, 2.05) is 37.4 Å². The molecule has 3 aromatic rings. The van der Waals surface area contributed by atoms with Gasteiger partial charge in [-0.15, -0.1) is 0 Å². The Bertz CT molecular complexity index is 1200. The van der Waals surface area contributed by atoms with Crippen molar-refractivity contribution >= 4 is 28.7 Å². The molecular formula is C22H26N4O4S. The smallest absolute Gasteiger partial charge is 0.278 e. The molecule has 0 unspecified atom stereocenters. The van der Waals surface area contributed by atoms with Crippen LogP contribution in [0.3, 0.4) is 0 Å². The highest BCUT2D eigenvalue weighted by atomic mass is 32.2. The summed E-state index contributed by atoms with van der Waals surface area (Å²) in [4.78, 5) is 30.6. The van der Waals surface area contributed by atoms with E-state index in [0.717, 1.165) is 11.3 Å². The van der Waals surface area contributed by atoms with E-state index < -0.39 is 0 Å². The molecule has 0 fully saturated rings. The fourth-order valence-corrected chi connectivity index (χ4v) is 4.25. The summed E-state index contributed by atoms with van der Waals surface area (Å²) < 4.78 is 14.2. The van der Waals surface area contributed by atoms with Crippen molar-refractivity contribution in [1.29, 1.82) is 0 Å². The van der Waals surface area contributed by atoms with E-state index in [-0.39, 0.29) is 24.8 Å². The lowest BCUT2D eigenvalue weighted by Gasteiger charge is -2.14. The number of rotatable bonds is 7. The second kappa shape index (κ2) is 8.66. The third-order valence-corrected chi connectivity index (χ3v) is 5.81. The van der Waals surface area contributed by atoms with Gasteiger partial charge in [0.2, 0.25) is 12.7 Å². The molecule has 0 bridgehead atoms. The molecule has 164 valence electrons. The first kappa shape index (κ1) is 21.3. The maximum Gasteiger partial charge on any atom is 0.278 e. The summed E-state index contributed by atoms with van der Waals surface area (Å²) >= 11 is 1.45. The van der Waals surface area contributed by atoms with Crippen molar-refractivity contribution in [3.63, 3.8) is 0 Å². The molecule has 1 aliphatic heterocycles. The molecule has 0 aliphatic carbocycles. The monoisotopic (exact) mass is 442 g/mol. The van der Waals surface area contributed by atoms with Gasteiger partial charge in [0.25, 0.3) is 5.56 Å². The lowest BCUT2D eigenvalue weighted by atomic mass is 10.2. The van der Waals surface area contributed by atoms with E-state index >= 15 is 0 Å². The second-order valence-corrected chi connectivity index (χ2v) is 8.75. The molecule has 0 saturated heterocycles. The summed E-state index contributed by atoms with van der Waals surface area (Å²) in [5.41, 5.74) is 2.72. The number of thioether (sulfide) groups is 1. The summed E-state index contributed by atoms with van der Waals surface area (Å²) in [5.74, 6) is 1.51. The Morgan fingerprint density at radius 2 is 2.00 bits per heavy atom.